The minimum atomic E-state index is -1.55. The average Bonchev–Trinajstić information content (AvgIpc) is 3.13. The SMILES string of the molecule is CCCCCCCCCCCCCCCCCCCCCCCCCCC(O)C(COC1OC(CO)C(O)C(O)C1O)NC(=O)CCCCCC. The quantitative estimate of drug-likeness (QED) is 0.0353. The molecule has 1 heterocycles. The number of rotatable bonds is 36. The number of nitrogens with one attached hydrogen (secondary N) is 1. The van der Waals surface area contributed by atoms with Crippen LogP contribution in [0.4, 0.5) is 0 Å². The summed E-state index contributed by atoms with van der Waals surface area (Å²) in [4.78, 5) is 12.6. The molecule has 51 heavy (non-hydrogen) atoms. The molecule has 1 rings (SSSR count). The highest BCUT2D eigenvalue weighted by Crippen LogP contribution is 2.23. The van der Waals surface area contributed by atoms with Crippen LogP contribution in [0.3, 0.4) is 0 Å². The first-order valence-corrected chi connectivity index (χ1v) is 21.7. The number of aliphatic hydroxyl groups excluding tert-OH is 5. The van der Waals surface area contributed by atoms with Crippen molar-refractivity contribution in [2.75, 3.05) is 13.2 Å². The fourth-order valence-electron chi connectivity index (χ4n) is 7.16. The number of aliphatic hydroxyl groups is 5. The van der Waals surface area contributed by atoms with Gasteiger partial charge in [-0.15, -0.1) is 0 Å². The Morgan fingerprint density at radius 1 is 0.588 bits per heavy atom. The topological polar surface area (TPSA) is 149 Å². The van der Waals surface area contributed by atoms with Gasteiger partial charge in [0.25, 0.3) is 0 Å². The fraction of sp³-hybridized carbons (Fsp3) is 0.976. The number of hydrogen-bond donors (Lipinski definition) is 6. The van der Waals surface area contributed by atoms with Gasteiger partial charge >= 0.3 is 0 Å². The van der Waals surface area contributed by atoms with Crippen LogP contribution in [0.2, 0.25) is 0 Å². The predicted molar refractivity (Wildman–Crippen MR) is 208 cm³/mol. The van der Waals surface area contributed by atoms with E-state index in [0.717, 1.165) is 44.9 Å². The average molecular weight is 730 g/mol. The van der Waals surface area contributed by atoms with Crippen LogP contribution in [0.5, 0.6) is 0 Å². The van der Waals surface area contributed by atoms with Crippen LogP contribution in [0, 0.1) is 0 Å². The second-order valence-corrected chi connectivity index (χ2v) is 15.5. The van der Waals surface area contributed by atoms with Gasteiger partial charge in [-0.1, -0.05) is 187 Å². The van der Waals surface area contributed by atoms with E-state index in [1.807, 2.05) is 0 Å². The van der Waals surface area contributed by atoms with Gasteiger partial charge in [-0.2, -0.15) is 0 Å². The highest BCUT2D eigenvalue weighted by Gasteiger charge is 2.44. The number of carbonyl (C=O) groups is 1. The second kappa shape index (κ2) is 33.7. The molecule has 1 aliphatic heterocycles. The van der Waals surface area contributed by atoms with Gasteiger partial charge in [0.15, 0.2) is 6.29 Å². The summed E-state index contributed by atoms with van der Waals surface area (Å²) in [7, 11) is 0. The lowest BCUT2D eigenvalue weighted by Crippen LogP contribution is -2.60. The molecule has 9 heteroatoms. The molecule has 0 aromatic heterocycles. The van der Waals surface area contributed by atoms with Gasteiger partial charge in [0.05, 0.1) is 25.4 Å². The van der Waals surface area contributed by atoms with E-state index >= 15 is 0 Å². The monoisotopic (exact) mass is 730 g/mol. The zero-order valence-electron chi connectivity index (χ0n) is 33.1. The Kier molecular flexibility index (Phi) is 31.9. The van der Waals surface area contributed by atoms with Crippen molar-refractivity contribution in [2.45, 2.75) is 249 Å². The Bertz CT molecular complexity index is 771. The van der Waals surface area contributed by atoms with Crippen molar-refractivity contribution in [3.05, 3.63) is 0 Å². The van der Waals surface area contributed by atoms with Gasteiger partial charge in [-0.25, -0.2) is 0 Å². The Morgan fingerprint density at radius 3 is 1.39 bits per heavy atom. The normalized spacial score (nSPS) is 21.9. The predicted octanol–water partition coefficient (Wildman–Crippen LogP) is 8.39. The molecule has 7 atom stereocenters. The van der Waals surface area contributed by atoms with E-state index < -0.39 is 49.5 Å². The molecule has 1 fully saturated rings. The van der Waals surface area contributed by atoms with Gasteiger partial charge in [0.2, 0.25) is 5.91 Å². The van der Waals surface area contributed by atoms with Crippen molar-refractivity contribution >= 4 is 5.91 Å². The third kappa shape index (κ3) is 25.0. The second-order valence-electron chi connectivity index (χ2n) is 15.5. The standard InChI is InChI=1S/C42H83NO8/c1-3-5-7-9-10-11-12-13-14-15-16-17-18-19-20-21-22-23-24-25-26-27-28-29-31-36(45)35(43-38(46)32-30-8-6-4-2)34-50-42-41(49)40(48)39(47)37(33-44)51-42/h35-37,39-42,44-45,47-49H,3-34H2,1-2H3,(H,43,46). The van der Waals surface area contributed by atoms with Crippen LogP contribution in [0.1, 0.15) is 206 Å². The van der Waals surface area contributed by atoms with Crippen LogP contribution >= 0.6 is 0 Å². The van der Waals surface area contributed by atoms with Crippen molar-refractivity contribution in [3.8, 4) is 0 Å². The first kappa shape index (κ1) is 48.2. The van der Waals surface area contributed by atoms with Crippen LogP contribution in [0.15, 0.2) is 0 Å². The Balaban J connectivity index is 2.12. The smallest absolute Gasteiger partial charge is 0.220 e. The zero-order valence-corrected chi connectivity index (χ0v) is 33.1. The van der Waals surface area contributed by atoms with Gasteiger partial charge in [0, 0.05) is 6.42 Å². The highest BCUT2D eigenvalue weighted by molar-refractivity contribution is 5.76. The molecule has 304 valence electrons. The number of ether oxygens (including phenoxy) is 2. The first-order valence-electron chi connectivity index (χ1n) is 21.7. The molecule has 0 bridgehead atoms. The van der Waals surface area contributed by atoms with Crippen LogP contribution < -0.4 is 5.32 Å². The molecule has 0 aromatic rings. The van der Waals surface area contributed by atoms with E-state index in [0.29, 0.717) is 12.8 Å². The largest absolute Gasteiger partial charge is 0.394 e. The van der Waals surface area contributed by atoms with E-state index in [1.54, 1.807) is 0 Å². The molecular formula is C42H83NO8. The molecule has 1 aliphatic rings. The summed E-state index contributed by atoms with van der Waals surface area (Å²) in [5.74, 6) is -0.160. The maximum absolute atomic E-state index is 12.6. The van der Waals surface area contributed by atoms with Crippen LogP contribution in [-0.4, -0.2) is 87.5 Å². The summed E-state index contributed by atoms with van der Waals surface area (Å²) in [6, 6.07) is -0.708. The lowest BCUT2D eigenvalue weighted by molar-refractivity contribution is -0.302. The molecule has 0 saturated carbocycles. The van der Waals surface area contributed by atoms with Gasteiger partial charge in [0.1, 0.15) is 24.4 Å². The molecule has 1 amide bonds. The minimum Gasteiger partial charge on any atom is -0.394 e. The van der Waals surface area contributed by atoms with E-state index in [4.69, 9.17) is 9.47 Å². The Morgan fingerprint density at radius 2 is 0.980 bits per heavy atom. The maximum Gasteiger partial charge on any atom is 0.220 e. The fourth-order valence-corrected chi connectivity index (χ4v) is 7.16. The summed E-state index contributed by atoms with van der Waals surface area (Å²) in [5, 5.41) is 53.8. The van der Waals surface area contributed by atoms with Crippen molar-refractivity contribution in [3.63, 3.8) is 0 Å². The Labute approximate surface area is 313 Å². The molecule has 9 nitrogen and oxygen atoms in total. The van der Waals surface area contributed by atoms with E-state index in [9.17, 15) is 30.3 Å². The lowest BCUT2D eigenvalue weighted by atomic mass is 9.99. The molecule has 0 spiro atoms. The van der Waals surface area contributed by atoms with E-state index in [-0.39, 0.29) is 12.5 Å². The summed E-state index contributed by atoms with van der Waals surface area (Å²) in [6.45, 7) is 3.72. The molecule has 1 saturated heterocycles. The third-order valence-corrected chi connectivity index (χ3v) is 10.7. The highest BCUT2D eigenvalue weighted by atomic mass is 16.7. The molecule has 0 radical (unpaired) electrons. The lowest BCUT2D eigenvalue weighted by Gasteiger charge is -2.40. The van der Waals surface area contributed by atoms with Crippen LogP contribution in [0.25, 0.3) is 0 Å². The summed E-state index contributed by atoms with van der Waals surface area (Å²) >= 11 is 0. The molecular weight excluding hydrogens is 646 g/mol. The first-order chi connectivity index (χ1) is 24.8. The minimum absolute atomic E-state index is 0.135. The molecule has 0 aromatic carbocycles. The van der Waals surface area contributed by atoms with Crippen molar-refractivity contribution in [1.29, 1.82) is 0 Å². The molecule has 0 aliphatic carbocycles. The number of amides is 1. The van der Waals surface area contributed by atoms with Crippen LogP contribution in [-0.2, 0) is 14.3 Å². The summed E-state index contributed by atoms with van der Waals surface area (Å²) < 4.78 is 11.1. The maximum atomic E-state index is 12.6. The third-order valence-electron chi connectivity index (χ3n) is 10.7. The van der Waals surface area contributed by atoms with E-state index in [1.165, 1.54) is 135 Å². The molecule has 7 unspecified atom stereocenters. The number of unbranched alkanes of at least 4 members (excludes halogenated alkanes) is 26. The van der Waals surface area contributed by atoms with Gasteiger partial charge in [-0.05, 0) is 12.8 Å². The van der Waals surface area contributed by atoms with Crippen molar-refractivity contribution in [2.24, 2.45) is 0 Å². The zero-order chi connectivity index (χ0) is 37.4. The Hall–Kier alpha value is -0.810. The van der Waals surface area contributed by atoms with Gasteiger partial charge < -0.3 is 40.3 Å². The number of hydrogen-bond acceptors (Lipinski definition) is 8. The summed E-state index contributed by atoms with van der Waals surface area (Å²) in [5.41, 5.74) is 0. The number of carbonyl (C=O) groups excluding carboxylic acids is 1. The van der Waals surface area contributed by atoms with Crippen molar-refractivity contribution < 1.29 is 39.8 Å². The molecule has 6 N–H and O–H groups in total. The van der Waals surface area contributed by atoms with Gasteiger partial charge in [-0.3, -0.25) is 4.79 Å². The van der Waals surface area contributed by atoms with E-state index in [2.05, 4.69) is 19.2 Å². The van der Waals surface area contributed by atoms with Crippen molar-refractivity contribution in [1.82, 2.24) is 5.32 Å². The summed E-state index contributed by atoms with van der Waals surface area (Å²) in [6.07, 6.45) is 29.0.